The van der Waals surface area contributed by atoms with Crippen LogP contribution in [-0.4, -0.2) is 27.2 Å². The topological polar surface area (TPSA) is 59.3 Å². The molecule has 4 nitrogen and oxygen atoms in total. The largest absolute Gasteiger partial charge is 0.466 e. The van der Waals surface area contributed by atoms with Crippen molar-refractivity contribution in [2.24, 2.45) is 0 Å². The van der Waals surface area contributed by atoms with E-state index in [0.717, 1.165) is 5.76 Å². The van der Waals surface area contributed by atoms with Gasteiger partial charge in [-0.3, -0.25) is 9.00 Å². The zero-order valence-electron chi connectivity index (χ0n) is 11.6. The fourth-order valence-corrected chi connectivity index (χ4v) is 2.41. The highest BCUT2D eigenvalue weighted by Crippen LogP contribution is 2.13. The van der Waals surface area contributed by atoms with Crippen molar-refractivity contribution in [3.63, 3.8) is 0 Å². The highest BCUT2D eigenvalue weighted by molar-refractivity contribution is 7.86. The van der Waals surface area contributed by atoms with Crippen LogP contribution in [-0.2, 0) is 10.8 Å². The van der Waals surface area contributed by atoms with Gasteiger partial charge in [0.2, 0.25) is 0 Å². The number of aryl methyl sites for hydroxylation is 2. The summed E-state index contributed by atoms with van der Waals surface area (Å²) in [7, 11) is -0.948. The number of carbonyl (C=O) groups is 1. The second-order valence-corrected chi connectivity index (χ2v) is 7.57. The number of carbonyl (C=O) groups excluding carboxylic acids is 1. The number of furan rings is 1. The molecule has 1 aromatic rings. The summed E-state index contributed by atoms with van der Waals surface area (Å²) in [6.07, 6.45) is 0. The van der Waals surface area contributed by atoms with Crippen LogP contribution in [0.5, 0.6) is 0 Å². The first kappa shape index (κ1) is 15.0. The van der Waals surface area contributed by atoms with Crippen molar-refractivity contribution in [2.45, 2.75) is 39.4 Å². The molecule has 0 aliphatic carbocycles. The summed E-state index contributed by atoms with van der Waals surface area (Å²) < 4.78 is 16.8. The van der Waals surface area contributed by atoms with Crippen LogP contribution in [0.2, 0.25) is 0 Å². The molecule has 1 N–H and O–H groups in total. The van der Waals surface area contributed by atoms with Gasteiger partial charge in [0, 0.05) is 27.8 Å². The fourth-order valence-electron chi connectivity index (χ4n) is 1.51. The van der Waals surface area contributed by atoms with E-state index in [1.165, 1.54) is 0 Å². The number of amides is 1. The molecule has 0 saturated heterocycles. The Morgan fingerprint density at radius 2 is 2.00 bits per heavy atom. The lowest BCUT2D eigenvalue weighted by Gasteiger charge is -2.17. The van der Waals surface area contributed by atoms with Crippen molar-refractivity contribution in [1.29, 1.82) is 0 Å². The van der Waals surface area contributed by atoms with Crippen molar-refractivity contribution in [2.75, 3.05) is 12.3 Å². The molecule has 18 heavy (non-hydrogen) atoms. The van der Waals surface area contributed by atoms with Crippen LogP contribution in [0.25, 0.3) is 0 Å². The molecule has 1 heterocycles. The summed E-state index contributed by atoms with van der Waals surface area (Å²) in [4.78, 5) is 11.8. The molecule has 102 valence electrons. The minimum Gasteiger partial charge on any atom is -0.466 e. The molecule has 0 aliphatic heterocycles. The first-order valence-corrected chi connectivity index (χ1v) is 7.27. The SMILES string of the molecule is Cc1cc(C(=O)NCCS(=O)C(C)(C)C)c(C)o1. The maximum atomic E-state index is 11.8. The van der Waals surface area contributed by atoms with E-state index in [1.54, 1.807) is 19.9 Å². The Bertz CT molecular complexity index is 457. The Labute approximate surface area is 111 Å². The van der Waals surface area contributed by atoms with E-state index >= 15 is 0 Å². The molecule has 1 aromatic heterocycles. The van der Waals surface area contributed by atoms with Crippen molar-refractivity contribution >= 4 is 16.7 Å². The molecule has 0 radical (unpaired) electrons. The lowest BCUT2D eigenvalue weighted by Crippen LogP contribution is -2.32. The quantitative estimate of drug-likeness (QED) is 0.913. The Morgan fingerprint density at radius 1 is 1.39 bits per heavy atom. The van der Waals surface area contributed by atoms with E-state index in [9.17, 15) is 9.00 Å². The average Bonchev–Trinajstić information content (AvgIpc) is 2.56. The number of rotatable bonds is 4. The van der Waals surface area contributed by atoms with Crippen LogP contribution in [0, 0.1) is 13.8 Å². The molecule has 5 heteroatoms. The summed E-state index contributed by atoms with van der Waals surface area (Å²) in [6.45, 7) is 9.75. The van der Waals surface area contributed by atoms with E-state index in [2.05, 4.69) is 5.32 Å². The molecule has 0 fully saturated rings. The molecule has 0 spiro atoms. The molecule has 0 aliphatic rings. The summed E-state index contributed by atoms with van der Waals surface area (Å²) >= 11 is 0. The van der Waals surface area contributed by atoms with Gasteiger partial charge in [0.05, 0.1) is 5.56 Å². The Hall–Kier alpha value is -1.10. The van der Waals surface area contributed by atoms with Gasteiger partial charge in [0.25, 0.3) is 5.91 Å². The smallest absolute Gasteiger partial charge is 0.254 e. The van der Waals surface area contributed by atoms with Crippen molar-refractivity contribution in [1.82, 2.24) is 5.32 Å². The van der Waals surface area contributed by atoms with E-state index < -0.39 is 10.8 Å². The lowest BCUT2D eigenvalue weighted by atomic mass is 10.2. The second-order valence-electron chi connectivity index (χ2n) is 5.24. The van der Waals surface area contributed by atoms with Gasteiger partial charge < -0.3 is 9.73 Å². The molecule has 1 unspecified atom stereocenters. The normalized spacial score (nSPS) is 13.4. The average molecular weight is 271 g/mol. The lowest BCUT2D eigenvalue weighted by molar-refractivity contribution is 0.0954. The first-order chi connectivity index (χ1) is 8.21. The zero-order chi connectivity index (χ0) is 13.9. The third kappa shape index (κ3) is 3.98. The number of hydrogen-bond acceptors (Lipinski definition) is 3. The maximum absolute atomic E-state index is 11.8. The molecular weight excluding hydrogens is 250 g/mol. The highest BCUT2D eigenvalue weighted by Gasteiger charge is 2.19. The van der Waals surface area contributed by atoms with Gasteiger partial charge in [0.1, 0.15) is 11.5 Å². The van der Waals surface area contributed by atoms with Crippen molar-refractivity contribution in [3.8, 4) is 0 Å². The predicted octanol–water partition coefficient (Wildman–Crippen LogP) is 2.17. The summed E-state index contributed by atoms with van der Waals surface area (Å²) in [5.74, 6) is 1.62. The molecule has 0 aromatic carbocycles. The Morgan fingerprint density at radius 3 is 2.44 bits per heavy atom. The van der Waals surface area contributed by atoms with Gasteiger partial charge in [-0.15, -0.1) is 0 Å². The molecule has 0 bridgehead atoms. The predicted molar refractivity (Wildman–Crippen MR) is 73.3 cm³/mol. The van der Waals surface area contributed by atoms with Crippen LogP contribution in [0.1, 0.15) is 42.6 Å². The van der Waals surface area contributed by atoms with Crippen molar-refractivity contribution in [3.05, 3.63) is 23.2 Å². The van der Waals surface area contributed by atoms with Gasteiger partial charge >= 0.3 is 0 Å². The van der Waals surface area contributed by atoms with E-state index in [4.69, 9.17) is 4.42 Å². The van der Waals surface area contributed by atoms with Crippen LogP contribution >= 0.6 is 0 Å². The van der Waals surface area contributed by atoms with Crippen LogP contribution < -0.4 is 5.32 Å². The van der Waals surface area contributed by atoms with E-state index in [-0.39, 0.29) is 10.7 Å². The van der Waals surface area contributed by atoms with Gasteiger partial charge in [-0.05, 0) is 40.7 Å². The summed E-state index contributed by atoms with van der Waals surface area (Å²) in [5.41, 5.74) is 0.550. The molecule has 0 saturated carbocycles. The van der Waals surface area contributed by atoms with Crippen LogP contribution in [0.4, 0.5) is 0 Å². The standard InChI is InChI=1S/C13H21NO3S/c1-9-8-11(10(2)17-9)12(15)14-6-7-18(16)13(3,4)5/h8H,6-7H2,1-5H3,(H,14,15). The van der Waals surface area contributed by atoms with Gasteiger partial charge in [-0.2, -0.15) is 0 Å². The monoisotopic (exact) mass is 271 g/mol. The third-order valence-corrected chi connectivity index (χ3v) is 4.48. The fraction of sp³-hybridized carbons (Fsp3) is 0.615. The minimum atomic E-state index is -0.948. The number of hydrogen-bond donors (Lipinski definition) is 1. The molecule has 1 atom stereocenters. The molecular formula is C13H21NO3S. The van der Waals surface area contributed by atoms with Crippen LogP contribution in [0.15, 0.2) is 10.5 Å². The summed E-state index contributed by atoms with van der Waals surface area (Å²) in [6, 6.07) is 1.71. The first-order valence-electron chi connectivity index (χ1n) is 5.95. The maximum Gasteiger partial charge on any atom is 0.254 e. The summed E-state index contributed by atoms with van der Waals surface area (Å²) in [5, 5.41) is 2.76. The zero-order valence-corrected chi connectivity index (χ0v) is 12.4. The number of nitrogens with one attached hydrogen (secondary N) is 1. The van der Waals surface area contributed by atoms with E-state index in [1.807, 2.05) is 20.8 Å². The van der Waals surface area contributed by atoms with Crippen LogP contribution in [0.3, 0.4) is 0 Å². The van der Waals surface area contributed by atoms with Gasteiger partial charge in [0.15, 0.2) is 0 Å². The second kappa shape index (κ2) is 5.69. The Balaban J connectivity index is 2.48. The third-order valence-electron chi connectivity index (χ3n) is 2.54. The molecule has 1 amide bonds. The molecule has 1 rings (SSSR count). The highest BCUT2D eigenvalue weighted by atomic mass is 32.2. The van der Waals surface area contributed by atoms with Gasteiger partial charge in [-0.1, -0.05) is 0 Å². The van der Waals surface area contributed by atoms with Crippen molar-refractivity contribution < 1.29 is 13.4 Å². The van der Waals surface area contributed by atoms with Gasteiger partial charge in [-0.25, -0.2) is 0 Å². The van der Waals surface area contributed by atoms with E-state index in [0.29, 0.717) is 23.6 Å². The minimum absolute atomic E-state index is 0.171. The Kier molecular flexibility index (Phi) is 4.73.